The van der Waals surface area contributed by atoms with Gasteiger partial charge in [0, 0.05) is 25.2 Å². The number of nitro benzene ring substituents is 1. The maximum atomic E-state index is 12.6. The van der Waals surface area contributed by atoms with Crippen LogP contribution >= 0.6 is 0 Å². The summed E-state index contributed by atoms with van der Waals surface area (Å²) in [6.45, 7) is 0.981. The lowest BCUT2D eigenvalue weighted by Gasteiger charge is -2.29. The van der Waals surface area contributed by atoms with E-state index in [2.05, 4.69) is 9.64 Å². The third kappa shape index (κ3) is 4.92. The minimum absolute atomic E-state index is 0.0296. The Labute approximate surface area is 166 Å². The van der Waals surface area contributed by atoms with Crippen molar-refractivity contribution >= 4 is 5.69 Å². The fraction of sp³-hybridized carbons (Fsp3) is 0.400. The lowest BCUT2D eigenvalue weighted by Crippen LogP contribution is -2.30. The van der Waals surface area contributed by atoms with Crippen molar-refractivity contribution in [1.82, 2.24) is 4.90 Å². The summed E-state index contributed by atoms with van der Waals surface area (Å²) >= 11 is 0. The van der Waals surface area contributed by atoms with Crippen LogP contribution < -0.4 is 14.2 Å². The van der Waals surface area contributed by atoms with Crippen molar-refractivity contribution in [2.24, 2.45) is 0 Å². The zero-order valence-electron chi connectivity index (χ0n) is 16.2. The van der Waals surface area contributed by atoms with Crippen molar-refractivity contribution in [3.05, 3.63) is 57.1 Å². The van der Waals surface area contributed by atoms with Crippen LogP contribution in [-0.2, 0) is 19.5 Å². The molecule has 29 heavy (non-hydrogen) atoms. The highest BCUT2D eigenvalue weighted by molar-refractivity contribution is 5.54. The van der Waals surface area contributed by atoms with E-state index >= 15 is 0 Å². The van der Waals surface area contributed by atoms with Crippen LogP contribution in [0.25, 0.3) is 0 Å². The number of ether oxygens (including phenoxy) is 3. The smallest absolute Gasteiger partial charge is 0.387 e. The predicted molar refractivity (Wildman–Crippen MR) is 102 cm³/mol. The molecule has 0 unspecified atom stereocenters. The molecule has 7 nitrogen and oxygen atoms in total. The summed E-state index contributed by atoms with van der Waals surface area (Å²) in [5.74, 6) is 0.458. The van der Waals surface area contributed by atoms with E-state index in [0.29, 0.717) is 18.7 Å². The van der Waals surface area contributed by atoms with Crippen molar-refractivity contribution in [3.8, 4) is 17.2 Å². The number of nitrogens with zero attached hydrogens (tertiary/aromatic N) is 2. The van der Waals surface area contributed by atoms with Gasteiger partial charge < -0.3 is 14.2 Å². The molecule has 3 rings (SSSR count). The highest BCUT2D eigenvalue weighted by atomic mass is 19.3. The molecule has 1 heterocycles. The molecular weight excluding hydrogens is 386 g/mol. The molecule has 2 aromatic carbocycles. The molecule has 1 aliphatic rings. The van der Waals surface area contributed by atoms with Crippen LogP contribution in [0.4, 0.5) is 14.5 Å². The molecule has 0 aliphatic carbocycles. The minimum atomic E-state index is -3.10. The van der Waals surface area contributed by atoms with Gasteiger partial charge in [-0.1, -0.05) is 6.07 Å². The van der Waals surface area contributed by atoms with E-state index in [1.54, 1.807) is 0 Å². The van der Waals surface area contributed by atoms with Crippen molar-refractivity contribution in [2.75, 3.05) is 20.3 Å². The third-order valence-corrected chi connectivity index (χ3v) is 4.75. The molecule has 9 heteroatoms. The van der Waals surface area contributed by atoms with E-state index in [1.165, 1.54) is 18.7 Å². The number of rotatable bonds is 8. The monoisotopic (exact) mass is 408 g/mol. The maximum absolute atomic E-state index is 12.6. The second kappa shape index (κ2) is 9.04. The first kappa shape index (κ1) is 20.8. The zero-order chi connectivity index (χ0) is 21.0. The number of nitro groups is 1. The number of hydrogen-bond acceptors (Lipinski definition) is 6. The molecule has 0 atom stereocenters. The Morgan fingerprint density at radius 1 is 1.21 bits per heavy atom. The molecule has 0 fully saturated rings. The normalized spacial score (nSPS) is 13.8. The molecular formula is C20H22F2N2O5. The van der Waals surface area contributed by atoms with Crippen LogP contribution in [0.15, 0.2) is 30.3 Å². The Morgan fingerprint density at radius 3 is 2.66 bits per heavy atom. The highest BCUT2D eigenvalue weighted by Gasteiger charge is 2.25. The number of benzene rings is 2. The number of fused-ring (bicyclic) bond motifs is 1. The number of methoxy groups -OCH3 is 1. The van der Waals surface area contributed by atoms with Gasteiger partial charge in [-0.2, -0.15) is 8.78 Å². The maximum Gasteiger partial charge on any atom is 0.387 e. The van der Waals surface area contributed by atoms with E-state index in [-0.39, 0.29) is 23.7 Å². The third-order valence-electron chi connectivity index (χ3n) is 4.75. The topological polar surface area (TPSA) is 74.1 Å². The molecule has 0 bridgehead atoms. The first-order chi connectivity index (χ1) is 13.9. The molecule has 1 aliphatic heterocycles. The van der Waals surface area contributed by atoms with Gasteiger partial charge in [-0.25, -0.2) is 0 Å². The summed E-state index contributed by atoms with van der Waals surface area (Å²) in [6, 6.07) is 8.35. The molecule has 0 radical (unpaired) electrons. The molecule has 0 amide bonds. The molecule has 156 valence electrons. The first-order valence-corrected chi connectivity index (χ1v) is 9.18. The zero-order valence-corrected chi connectivity index (χ0v) is 16.2. The summed E-state index contributed by atoms with van der Waals surface area (Å²) in [4.78, 5) is 13.0. The Hall–Kier alpha value is -2.94. The number of alkyl halides is 2. The van der Waals surface area contributed by atoms with Crippen molar-refractivity contribution in [1.29, 1.82) is 0 Å². The largest absolute Gasteiger partial charge is 0.494 e. The van der Waals surface area contributed by atoms with Gasteiger partial charge in [-0.05, 0) is 42.7 Å². The highest BCUT2D eigenvalue weighted by Crippen LogP contribution is 2.37. The lowest BCUT2D eigenvalue weighted by molar-refractivity contribution is -0.385. The lowest BCUT2D eigenvalue weighted by atomic mass is 9.98. The summed E-state index contributed by atoms with van der Waals surface area (Å²) in [7, 11) is 1.30. The van der Waals surface area contributed by atoms with Crippen LogP contribution in [-0.4, -0.2) is 36.7 Å². The molecule has 2 aromatic rings. The second-order valence-corrected chi connectivity index (χ2v) is 6.59. The van der Waals surface area contributed by atoms with Crippen LogP contribution in [0, 0.1) is 10.1 Å². The van der Waals surface area contributed by atoms with Crippen LogP contribution in [0.1, 0.15) is 23.6 Å². The van der Waals surface area contributed by atoms with Crippen molar-refractivity contribution in [3.63, 3.8) is 0 Å². The quantitative estimate of drug-likeness (QED) is 0.482. The van der Waals surface area contributed by atoms with Crippen molar-refractivity contribution < 1.29 is 27.9 Å². The van der Waals surface area contributed by atoms with E-state index in [4.69, 9.17) is 9.47 Å². The van der Waals surface area contributed by atoms with E-state index in [1.807, 2.05) is 25.1 Å². The van der Waals surface area contributed by atoms with E-state index in [9.17, 15) is 18.9 Å². The standard InChI is InChI=1S/C20H22F2N2O5/c1-3-28-16-5-4-13-6-7-23(11-14(13)8-16)12-15-9-18(27-2)19(29-20(21)22)10-17(15)24(25)26/h4-5,8-10,20H,3,6-7,11-12H2,1-2H3. The fourth-order valence-corrected chi connectivity index (χ4v) is 3.46. The first-order valence-electron chi connectivity index (χ1n) is 9.18. The van der Waals surface area contributed by atoms with E-state index < -0.39 is 11.5 Å². The van der Waals surface area contributed by atoms with Gasteiger partial charge in [0.05, 0.1) is 24.7 Å². The van der Waals surface area contributed by atoms with Gasteiger partial charge in [0.15, 0.2) is 11.5 Å². The fourth-order valence-electron chi connectivity index (χ4n) is 3.46. The summed E-state index contributed by atoms with van der Waals surface area (Å²) < 4.78 is 40.2. The van der Waals surface area contributed by atoms with Gasteiger partial charge in [-0.3, -0.25) is 15.0 Å². The molecule has 0 saturated heterocycles. The van der Waals surface area contributed by atoms with Gasteiger partial charge >= 0.3 is 6.61 Å². The Bertz CT molecular complexity index is 891. The molecule has 0 aromatic heterocycles. The molecule has 0 N–H and O–H groups in total. The van der Waals surface area contributed by atoms with Gasteiger partial charge in [-0.15, -0.1) is 0 Å². The van der Waals surface area contributed by atoms with Crippen LogP contribution in [0.5, 0.6) is 17.2 Å². The predicted octanol–water partition coefficient (Wildman–Crippen LogP) is 4.16. The molecule has 0 spiro atoms. The van der Waals surface area contributed by atoms with E-state index in [0.717, 1.165) is 30.3 Å². The number of hydrogen-bond donors (Lipinski definition) is 0. The summed E-state index contributed by atoms with van der Waals surface area (Å²) in [6.07, 6.45) is 0.805. The van der Waals surface area contributed by atoms with Crippen molar-refractivity contribution in [2.45, 2.75) is 33.0 Å². The second-order valence-electron chi connectivity index (χ2n) is 6.59. The summed E-state index contributed by atoms with van der Waals surface area (Å²) in [5.41, 5.74) is 2.42. The number of halogens is 2. The SMILES string of the molecule is CCOc1ccc2c(c1)CN(Cc1cc(OC)c(OC(F)F)cc1[N+](=O)[O-])CC2. The van der Waals surface area contributed by atoms with Crippen LogP contribution in [0.2, 0.25) is 0 Å². The van der Waals surface area contributed by atoms with Gasteiger partial charge in [0.25, 0.3) is 5.69 Å². The Balaban J connectivity index is 1.85. The molecule has 0 saturated carbocycles. The Morgan fingerprint density at radius 2 is 2.00 bits per heavy atom. The minimum Gasteiger partial charge on any atom is -0.494 e. The van der Waals surface area contributed by atoms with Gasteiger partial charge in [0.1, 0.15) is 5.75 Å². The summed E-state index contributed by atoms with van der Waals surface area (Å²) in [5, 5.41) is 11.5. The average molecular weight is 408 g/mol. The Kier molecular flexibility index (Phi) is 6.48. The van der Waals surface area contributed by atoms with Gasteiger partial charge in [0.2, 0.25) is 0 Å². The average Bonchev–Trinajstić information content (AvgIpc) is 2.68. The van der Waals surface area contributed by atoms with Crippen LogP contribution in [0.3, 0.4) is 0 Å².